The second kappa shape index (κ2) is 5.48. The third-order valence-electron chi connectivity index (χ3n) is 2.42. The Morgan fingerprint density at radius 1 is 1.40 bits per heavy atom. The molecule has 0 aliphatic carbocycles. The zero-order valence-electron chi connectivity index (χ0n) is 10.1. The molecule has 0 aliphatic heterocycles. The van der Waals surface area contributed by atoms with Crippen LogP contribution < -0.4 is 5.32 Å². The van der Waals surface area contributed by atoms with Crippen LogP contribution in [-0.2, 0) is 7.05 Å². The predicted octanol–water partition coefficient (Wildman–Crippen LogP) is 2.89. The summed E-state index contributed by atoms with van der Waals surface area (Å²) >= 11 is 11.8. The number of anilines is 1. The summed E-state index contributed by atoms with van der Waals surface area (Å²) in [5.41, 5.74) is -0.526. The molecule has 0 fully saturated rings. The Bertz CT molecular complexity index is 679. The summed E-state index contributed by atoms with van der Waals surface area (Å²) in [5, 5.41) is 17.5. The van der Waals surface area contributed by atoms with Crippen LogP contribution in [0.5, 0.6) is 0 Å². The molecular weight excluding hydrogens is 307 g/mol. The Morgan fingerprint density at radius 2 is 2.00 bits per heavy atom. The van der Waals surface area contributed by atoms with Gasteiger partial charge in [-0.3, -0.25) is 19.6 Å². The van der Waals surface area contributed by atoms with E-state index in [4.69, 9.17) is 23.2 Å². The summed E-state index contributed by atoms with van der Waals surface area (Å²) in [6.07, 6.45) is 1.14. The number of hydrogen-bond donors (Lipinski definition) is 1. The third kappa shape index (κ3) is 2.73. The van der Waals surface area contributed by atoms with Gasteiger partial charge in [-0.05, 0) is 12.1 Å². The summed E-state index contributed by atoms with van der Waals surface area (Å²) in [4.78, 5) is 22.2. The van der Waals surface area contributed by atoms with Crippen molar-refractivity contribution in [1.29, 1.82) is 0 Å². The van der Waals surface area contributed by atoms with Crippen LogP contribution in [0.2, 0.25) is 10.0 Å². The molecule has 0 radical (unpaired) electrons. The first-order valence-electron chi connectivity index (χ1n) is 5.33. The number of carbonyl (C=O) groups excluding carboxylic acids is 1. The van der Waals surface area contributed by atoms with Gasteiger partial charge in [0.2, 0.25) is 5.69 Å². The molecule has 9 heteroatoms. The molecule has 1 aromatic heterocycles. The van der Waals surface area contributed by atoms with Gasteiger partial charge in [-0.25, -0.2) is 0 Å². The number of rotatable bonds is 3. The Balaban J connectivity index is 2.36. The van der Waals surface area contributed by atoms with E-state index in [1.165, 1.54) is 23.9 Å². The molecule has 2 aromatic rings. The fraction of sp³-hybridized carbons (Fsp3) is 0.0909. The predicted molar refractivity (Wildman–Crippen MR) is 74.3 cm³/mol. The molecule has 1 N–H and O–H groups in total. The van der Waals surface area contributed by atoms with Crippen LogP contribution >= 0.6 is 23.2 Å². The van der Waals surface area contributed by atoms with E-state index in [9.17, 15) is 14.9 Å². The van der Waals surface area contributed by atoms with Crippen molar-refractivity contribution in [3.8, 4) is 0 Å². The second-order valence-corrected chi connectivity index (χ2v) is 4.66. The van der Waals surface area contributed by atoms with Crippen molar-refractivity contribution in [2.45, 2.75) is 0 Å². The summed E-state index contributed by atoms with van der Waals surface area (Å²) in [7, 11) is 1.48. The molecule has 104 valence electrons. The molecule has 2 rings (SSSR count). The summed E-state index contributed by atoms with van der Waals surface area (Å²) < 4.78 is 1.18. The maximum atomic E-state index is 12.0. The highest BCUT2D eigenvalue weighted by Gasteiger charge is 2.25. The lowest BCUT2D eigenvalue weighted by molar-refractivity contribution is -0.385. The van der Waals surface area contributed by atoms with Crippen LogP contribution in [0.1, 0.15) is 10.5 Å². The normalized spacial score (nSPS) is 10.3. The minimum Gasteiger partial charge on any atom is -0.318 e. The topological polar surface area (TPSA) is 90.1 Å². The van der Waals surface area contributed by atoms with Crippen LogP contribution in [0.25, 0.3) is 0 Å². The number of carbonyl (C=O) groups is 1. The first-order chi connectivity index (χ1) is 9.40. The first kappa shape index (κ1) is 14.3. The average Bonchev–Trinajstić information content (AvgIpc) is 2.76. The Labute approximate surface area is 123 Å². The molecule has 0 saturated heterocycles. The van der Waals surface area contributed by atoms with Gasteiger partial charge in [-0.2, -0.15) is 5.10 Å². The van der Waals surface area contributed by atoms with Gasteiger partial charge in [0.1, 0.15) is 6.20 Å². The van der Waals surface area contributed by atoms with Crippen molar-refractivity contribution in [2.75, 3.05) is 5.32 Å². The molecule has 7 nitrogen and oxygen atoms in total. The summed E-state index contributed by atoms with van der Waals surface area (Å²) in [6.45, 7) is 0. The van der Waals surface area contributed by atoms with E-state index in [0.29, 0.717) is 0 Å². The lowest BCUT2D eigenvalue weighted by atomic mass is 10.3. The van der Waals surface area contributed by atoms with Crippen LogP contribution in [0.4, 0.5) is 11.4 Å². The van der Waals surface area contributed by atoms with E-state index in [1.54, 1.807) is 6.07 Å². The fourth-order valence-electron chi connectivity index (χ4n) is 1.56. The number of amides is 1. The second-order valence-electron chi connectivity index (χ2n) is 3.84. The zero-order chi connectivity index (χ0) is 14.9. The Hall–Kier alpha value is -2.12. The number of nitrogens with one attached hydrogen (secondary N) is 1. The quantitative estimate of drug-likeness (QED) is 0.696. The van der Waals surface area contributed by atoms with Gasteiger partial charge in [0.05, 0.1) is 20.7 Å². The molecule has 0 bridgehead atoms. The molecule has 1 amide bonds. The minimum absolute atomic E-state index is 0.181. The van der Waals surface area contributed by atoms with E-state index in [0.717, 1.165) is 6.20 Å². The van der Waals surface area contributed by atoms with E-state index in [2.05, 4.69) is 10.4 Å². The smallest absolute Gasteiger partial charge is 0.318 e. The van der Waals surface area contributed by atoms with Gasteiger partial charge >= 0.3 is 5.69 Å². The van der Waals surface area contributed by atoms with Crippen molar-refractivity contribution < 1.29 is 9.72 Å². The molecule has 0 unspecified atom stereocenters. The highest BCUT2D eigenvalue weighted by Crippen LogP contribution is 2.30. The summed E-state index contributed by atoms with van der Waals surface area (Å²) in [6, 6.07) is 4.69. The molecule has 20 heavy (non-hydrogen) atoms. The van der Waals surface area contributed by atoms with Gasteiger partial charge in [-0.1, -0.05) is 29.3 Å². The number of hydrogen-bond acceptors (Lipinski definition) is 4. The van der Waals surface area contributed by atoms with Crippen molar-refractivity contribution in [2.24, 2.45) is 7.05 Å². The highest BCUT2D eigenvalue weighted by molar-refractivity contribution is 6.40. The Morgan fingerprint density at radius 3 is 2.55 bits per heavy atom. The molecule has 1 heterocycles. The van der Waals surface area contributed by atoms with Crippen LogP contribution in [-0.4, -0.2) is 20.6 Å². The van der Waals surface area contributed by atoms with Crippen molar-refractivity contribution in [1.82, 2.24) is 9.78 Å². The largest absolute Gasteiger partial charge is 0.320 e. The maximum Gasteiger partial charge on any atom is 0.320 e. The van der Waals surface area contributed by atoms with Gasteiger partial charge < -0.3 is 5.32 Å². The monoisotopic (exact) mass is 314 g/mol. The number of halogens is 2. The lowest BCUT2D eigenvalue weighted by Crippen LogP contribution is -2.15. The molecule has 0 atom stereocenters. The van der Waals surface area contributed by atoms with Crippen LogP contribution in [0.15, 0.2) is 24.4 Å². The number of para-hydroxylation sites is 1. The van der Waals surface area contributed by atoms with Gasteiger partial charge in [-0.15, -0.1) is 0 Å². The van der Waals surface area contributed by atoms with Gasteiger partial charge in [0.15, 0.2) is 0 Å². The van der Waals surface area contributed by atoms with Crippen molar-refractivity contribution in [3.63, 3.8) is 0 Å². The standard InChI is InChI=1S/C11H8Cl2N4O3/c1-16-5-8(17(19)20)10(15-16)11(18)14-9-6(12)3-2-4-7(9)13/h2-5H,1H3,(H,14,18). The first-order valence-corrected chi connectivity index (χ1v) is 6.09. The fourth-order valence-corrected chi connectivity index (χ4v) is 2.05. The maximum absolute atomic E-state index is 12.0. The molecule has 0 saturated carbocycles. The van der Waals surface area contributed by atoms with Gasteiger partial charge in [0.25, 0.3) is 5.91 Å². The number of nitro groups is 1. The van der Waals surface area contributed by atoms with E-state index < -0.39 is 16.5 Å². The minimum atomic E-state index is -0.757. The number of benzene rings is 1. The average molecular weight is 315 g/mol. The molecular formula is C11H8Cl2N4O3. The van der Waals surface area contributed by atoms with Crippen molar-refractivity contribution >= 4 is 40.5 Å². The molecule has 0 spiro atoms. The Kier molecular flexibility index (Phi) is 3.91. The summed E-state index contributed by atoms with van der Waals surface area (Å²) in [5.74, 6) is -0.757. The van der Waals surface area contributed by atoms with E-state index in [-0.39, 0.29) is 21.4 Å². The molecule has 0 aliphatic rings. The molecule has 1 aromatic carbocycles. The highest BCUT2D eigenvalue weighted by atomic mass is 35.5. The third-order valence-corrected chi connectivity index (χ3v) is 3.05. The van der Waals surface area contributed by atoms with Gasteiger partial charge in [0, 0.05) is 7.05 Å². The van der Waals surface area contributed by atoms with E-state index in [1.807, 2.05) is 0 Å². The number of nitrogens with zero attached hydrogens (tertiary/aromatic N) is 3. The number of aryl methyl sites for hydroxylation is 1. The lowest BCUT2D eigenvalue weighted by Gasteiger charge is -2.07. The van der Waals surface area contributed by atoms with Crippen LogP contribution in [0.3, 0.4) is 0 Å². The SMILES string of the molecule is Cn1cc([N+](=O)[O-])c(C(=O)Nc2c(Cl)cccc2Cl)n1. The van der Waals surface area contributed by atoms with E-state index >= 15 is 0 Å². The van der Waals surface area contributed by atoms with Crippen molar-refractivity contribution in [3.05, 3.63) is 50.2 Å². The zero-order valence-corrected chi connectivity index (χ0v) is 11.6. The van der Waals surface area contributed by atoms with Crippen LogP contribution in [0, 0.1) is 10.1 Å². The number of aromatic nitrogens is 2.